The van der Waals surface area contributed by atoms with Gasteiger partial charge in [0.05, 0.1) is 0 Å². The molecule has 4 N–H and O–H groups in total. The molecule has 1 aliphatic heterocycles. The number of benzene rings is 1. The van der Waals surface area contributed by atoms with Crippen LogP contribution in [-0.4, -0.2) is 45.3 Å². The van der Waals surface area contributed by atoms with Crippen molar-refractivity contribution in [3.8, 4) is 5.75 Å². The molecule has 1 aromatic rings. The van der Waals surface area contributed by atoms with Crippen LogP contribution in [0.5, 0.6) is 5.75 Å². The van der Waals surface area contributed by atoms with Gasteiger partial charge in [0.1, 0.15) is 16.8 Å². The number of thioether (sulfide) groups is 1. The number of phenols is 1. The molecule has 1 aromatic carbocycles. The fourth-order valence-corrected chi connectivity index (χ4v) is 2.27. The van der Waals surface area contributed by atoms with Crippen LogP contribution in [0, 0.1) is 0 Å². The quantitative estimate of drug-likeness (QED) is 0.629. The number of para-hydroxylation sites is 1. The molecule has 1 aliphatic rings. The molecule has 0 amide bonds. The lowest BCUT2D eigenvalue weighted by Crippen LogP contribution is -2.31. The lowest BCUT2D eigenvalue weighted by molar-refractivity contribution is -0.137. The molecule has 19 heavy (non-hydrogen) atoms. The van der Waals surface area contributed by atoms with Crippen LogP contribution in [-0.2, 0) is 4.79 Å². The molecule has 1 atom stereocenters. The second-order valence-electron chi connectivity index (χ2n) is 3.68. The summed E-state index contributed by atoms with van der Waals surface area (Å²) in [6.45, 7) is 0.869. The van der Waals surface area contributed by atoms with E-state index in [9.17, 15) is 9.90 Å². The normalized spacial score (nSPS) is 15.2. The molecule has 0 saturated carbocycles. The number of phenolic OH excluding ortho intramolecular Hbond substituents is 1. The third-order valence-corrected chi connectivity index (χ3v) is 3.64. The van der Waals surface area contributed by atoms with Gasteiger partial charge in [0, 0.05) is 23.6 Å². The van der Waals surface area contributed by atoms with Crippen molar-refractivity contribution < 1.29 is 15.0 Å². The van der Waals surface area contributed by atoms with E-state index in [4.69, 9.17) is 10.8 Å². The Labute approximate surface area is 121 Å². The van der Waals surface area contributed by atoms with E-state index in [0.29, 0.717) is 5.75 Å². The van der Waals surface area contributed by atoms with Gasteiger partial charge < -0.3 is 15.9 Å². The summed E-state index contributed by atoms with van der Waals surface area (Å²) in [4.78, 5) is 14.0. The molecule has 0 fully saturated rings. The zero-order chi connectivity index (χ0) is 14.3. The minimum absolute atomic E-state index is 0.190. The van der Waals surface area contributed by atoms with Crippen LogP contribution in [0.3, 0.4) is 0 Å². The fourth-order valence-electron chi connectivity index (χ4n) is 1.23. The van der Waals surface area contributed by atoms with Crippen LogP contribution in [0.4, 0.5) is 0 Å². The van der Waals surface area contributed by atoms with E-state index in [-0.39, 0.29) is 5.75 Å². The van der Waals surface area contributed by atoms with Crippen LogP contribution >= 0.6 is 24.4 Å². The Balaban J connectivity index is 0.000000224. The van der Waals surface area contributed by atoms with Gasteiger partial charge in [-0.15, -0.1) is 11.8 Å². The Morgan fingerprint density at radius 2 is 2.21 bits per heavy atom. The molecule has 7 heteroatoms. The van der Waals surface area contributed by atoms with Gasteiger partial charge in [0.15, 0.2) is 0 Å². The van der Waals surface area contributed by atoms with Gasteiger partial charge >= 0.3 is 5.97 Å². The van der Waals surface area contributed by atoms with Crippen LogP contribution in [0.1, 0.15) is 5.56 Å². The Bertz CT molecular complexity index is 466. The first-order valence-corrected chi connectivity index (χ1v) is 7.23. The Hall–Kier alpha value is -1.18. The monoisotopic (exact) mass is 300 g/mol. The SMILES string of the molecule is N[C@@H](CS)C(=O)O.Oc1ccccc1C1=NCCS1. The highest BCUT2D eigenvalue weighted by atomic mass is 32.2. The predicted octanol–water partition coefficient (Wildman–Crippen LogP) is 1.21. The van der Waals surface area contributed by atoms with E-state index in [0.717, 1.165) is 22.9 Å². The van der Waals surface area contributed by atoms with Gasteiger partial charge in [-0.2, -0.15) is 12.6 Å². The van der Waals surface area contributed by atoms with Crippen molar-refractivity contribution in [1.82, 2.24) is 0 Å². The van der Waals surface area contributed by atoms with Gasteiger partial charge in [-0.3, -0.25) is 9.79 Å². The molecule has 104 valence electrons. The summed E-state index contributed by atoms with van der Waals surface area (Å²) in [5.41, 5.74) is 5.80. The third kappa shape index (κ3) is 5.14. The lowest BCUT2D eigenvalue weighted by Gasteiger charge is -2.01. The largest absolute Gasteiger partial charge is 0.507 e. The molecule has 0 aromatic heterocycles. The average Bonchev–Trinajstić information content (AvgIpc) is 2.92. The number of aromatic hydroxyl groups is 1. The van der Waals surface area contributed by atoms with Gasteiger partial charge in [-0.05, 0) is 12.1 Å². The van der Waals surface area contributed by atoms with E-state index in [2.05, 4.69) is 17.6 Å². The van der Waals surface area contributed by atoms with Crippen LogP contribution in [0.15, 0.2) is 29.3 Å². The van der Waals surface area contributed by atoms with Crippen molar-refractivity contribution in [1.29, 1.82) is 0 Å². The second-order valence-corrected chi connectivity index (χ2v) is 5.13. The smallest absolute Gasteiger partial charge is 0.321 e. The van der Waals surface area contributed by atoms with Crippen molar-refractivity contribution in [3.05, 3.63) is 29.8 Å². The molecule has 0 spiro atoms. The van der Waals surface area contributed by atoms with Crippen molar-refractivity contribution in [2.75, 3.05) is 18.1 Å². The number of carboxylic acids is 1. The van der Waals surface area contributed by atoms with Gasteiger partial charge in [0.2, 0.25) is 0 Å². The molecule has 1 heterocycles. The number of thiol groups is 1. The maximum absolute atomic E-state index is 9.76. The van der Waals surface area contributed by atoms with Crippen LogP contribution < -0.4 is 5.73 Å². The summed E-state index contributed by atoms with van der Waals surface area (Å²) in [7, 11) is 0. The van der Waals surface area contributed by atoms with Crippen molar-refractivity contribution in [2.45, 2.75) is 6.04 Å². The zero-order valence-electron chi connectivity index (χ0n) is 10.2. The Kier molecular flexibility index (Phi) is 6.75. The molecule has 0 aliphatic carbocycles. The first-order valence-electron chi connectivity index (χ1n) is 5.61. The van der Waals surface area contributed by atoms with E-state index < -0.39 is 12.0 Å². The number of carbonyl (C=O) groups is 1. The highest BCUT2D eigenvalue weighted by Gasteiger charge is 2.12. The minimum Gasteiger partial charge on any atom is -0.507 e. The molecular formula is C12H16N2O3S2. The summed E-state index contributed by atoms with van der Waals surface area (Å²) in [6.07, 6.45) is 0. The van der Waals surface area contributed by atoms with E-state index in [1.165, 1.54) is 0 Å². The van der Waals surface area contributed by atoms with Crippen LogP contribution in [0.25, 0.3) is 0 Å². The first kappa shape index (κ1) is 15.9. The average molecular weight is 300 g/mol. The topological polar surface area (TPSA) is 95.9 Å². The summed E-state index contributed by atoms with van der Waals surface area (Å²) < 4.78 is 0. The number of nitrogens with two attached hydrogens (primary N) is 1. The number of aliphatic imine (C=N–C) groups is 1. The highest BCUT2D eigenvalue weighted by Crippen LogP contribution is 2.25. The zero-order valence-corrected chi connectivity index (χ0v) is 11.9. The van der Waals surface area contributed by atoms with E-state index >= 15 is 0 Å². The number of hydrogen-bond donors (Lipinski definition) is 4. The maximum atomic E-state index is 9.76. The van der Waals surface area contributed by atoms with Crippen molar-refractivity contribution in [3.63, 3.8) is 0 Å². The summed E-state index contributed by atoms with van der Waals surface area (Å²) in [6, 6.07) is 6.50. The molecule has 5 nitrogen and oxygen atoms in total. The van der Waals surface area contributed by atoms with Gasteiger partial charge in [0.25, 0.3) is 0 Å². The van der Waals surface area contributed by atoms with Gasteiger partial charge in [-0.1, -0.05) is 12.1 Å². The summed E-state index contributed by atoms with van der Waals surface area (Å²) in [5.74, 6) is 0.541. The van der Waals surface area contributed by atoms with E-state index in [1.807, 2.05) is 18.2 Å². The minimum atomic E-state index is -1.00. The molecule has 2 rings (SSSR count). The summed E-state index contributed by atoms with van der Waals surface area (Å²) in [5, 5.41) is 18.5. The molecule has 0 bridgehead atoms. The van der Waals surface area contributed by atoms with Crippen molar-refractivity contribution >= 4 is 35.4 Å². The highest BCUT2D eigenvalue weighted by molar-refractivity contribution is 8.14. The number of hydrogen-bond acceptors (Lipinski definition) is 6. The molecule has 0 unspecified atom stereocenters. The molecule has 0 radical (unpaired) electrons. The number of rotatable bonds is 3. The molecular weight excluding hydrogens is 284 g/mol. The van der Waals surface area contributed by atoms with E-state index in [1.54, 1.807) is 17.8 Å². The Morgan fingerprint density at radius 1 is 1.53 bits per heavy atom. The maximum Gasteiger partial charge on any atom is 0.321 e. The number of nitrogens with zero attached hydrogens (tertiary/aromatic N) is 1. The third-order valence-electron chi connectivity index (χ3n) is 2.23. The van der Waals surface area contributed by atoms with Crippen molar-refractivity contribution in [2.24, 2.45) is 10.7 Å². The number of carboxylic acid groups (broad SMARTS) is 1. The van der Waals surface area contributed by atoms with Crippen LogP contribution in [0.2, 0.25) is 0 Å². The summed E-state index contributed by atoms with van der Waals surface area (Å²) >= 11 is 5.35. The standard InChI is InChI=1S/C9H9NOS.C3H7NO2S/c11-8-4-2-1-3-7(8)9-10-5-6-12-9;4-2(1-7)3(5)6/h1-4,11H,5-6H2;2,7H,1,4H2,(H,5,6)/t;2-/m.0/s1. The second kappa shape index (κ2) is 8.08. The Morgan fingerprint density at radius 3 is 2.63 bits per heavy atom. The predicted molar refractivity (Wildman–Crippen MR) is 81.4 cm³/mol. The lowest BCUT2D eigenvalue weighted by atomic mass is 10.2. The first-order chi connectivity index (χ1) is 9.06. The fraction of sp³-hybridized carbons (Fsp3) is 0.333. The van der Waals surface area contributed by atoms with Gasteiger partial charge in [-0.25, -0.2) is 0 Å². The number of aliphatic carboxylic acids is 1. The molecule has 0 saturated heterocycles.